The van der Waals surface area contributed by atoms with Crippen LogP contribution in [0.1, 0.15) is 20.0 Å². The Morgan fingerprint density at radius 2 is 1.61 bits per heavy atom. The maximum Gasteiger partial charge on any atom is 0.279 e. The van der Waals surface area contributed by atoms with Crippen LogP contribution >= 0.6 is 22.9 Å². The van der Waals surface area contributed by atoms with Crippen LogP contribution in [0, 0.1) is 0 Å². The molecule has 2 aromatic rings. The fraction of sp³-hybridized carbons (Fsp3) is 0. The Morgan fingerprint density at radius 1 is 0.944 bits per heavy atom. The van der Waals surface area contributed by atoms with Crippen molar-refractivity contribution in [3.05, 3.63) is 57.2 Å². The summed E-state index contributed by atoms with van der Waals surface area (Å²) in [6, 6.07) is 11.8. The minimum absolute atomic E-state index is 0.369. The average molecular weight is 281 g/mol. The van der Waals surface area contributed by atoms with Crippen molar-refractivity contribution in [1.29, 1.82) is 0 Å². The summed E-state index contributed by atoms with van der Waals surface area (Å²) in [7, 11) is 0. The van der Waals surface area contributed by atoms with E-state index in [0.29, 0.717) is 14.8 Å². The molecular formula is C12H9ClN2O2S. The van der Waals surface area contributed by atoms with E-state index in [-0.39, 0.29) is 5.91 Å². The first-order valence-corrected chi connectivity index (χ1v) is 6.27. The molecule has 0 aliphatic heterocycles. The summed E-state index contributed by atoms with van der Waals surface area (Å²) in [5.74, 6) is -0.761. The molecule has 92 valence electrons. The summed E-state index contributed by atoms with van der Waals surface area (Å²) in [5.41, 5.74) is 5.13. The smallest absolute Gasteiger partial charge is 0.267 e. The highest BCUT2D eigenvalue weighted by Gasteiger charge is 2.10. The highest BCUT2D eigenvalue weighted by Crippen LogP contribution is 2.20. The minimum Gasteiger partial charge on any atom is -0.267 e. The van der Waals surface area contributed by atoms with Crippen molar-refractivity contribution >= 4 is 34.8 Å². The van der Waals surface area contributed by atoms with Crippen LogP contribution in [0.4, 0.5) is 0 Å². The Labute approximate surface area is 113 Å². The highest BCUT2D eigenvalue weighted by atomic mass is 35.5. The predicted molar refractivity (Wildman–Crippen MR) is 70.7 cm³/mol. The molecule has 0 fully saturated rings. The van der Waals surface area contributed by atoms with Gasteiger partial charge in [0.05, 0.1) is 9.21 Å². The molecular weight excluding hydrogens is 272 g/mol. The van der Waals surface area contributed by atoms with Gasteiger partial charge in [-0.25, -0.2) is 0 Å². The summed E-state index contributed by atoms with van der Waals surface area (Å²) < 4.78 is 0.523. The van der Waals surface area contributed by atoms with Gasteiger partial charge in [0.1, 0.15) is 0 Å². The van der Waals surface area contributed by atoms with E-state index in [1.807, 2.05) is 6.07 Å². The van der Waals surface area contributed by atoms with E-state index in [1.165, 1.54) is 0 Å². The molecule has 0 unspecified atom stereocenters. The van der Waals surface area contributed by atoms with Crippen molar-refractivity contribution in [3.8, 4) is 0 Å². The van der Waals surface area contributed by atoms with Gasteiger partial charge >= 0.3 is 0 Å². The number of halogens is 1. The zero-order valence-electron chi connectivity index (χ0n) is 9.14. The number of hydrazine groups is 1. The normalized spacial score (nSPS) is 9.83. The monoisotopic (exact) mass is 280 g/mol. The summed E-state index contributed by atoms with van der Waals surface area (Å²) in [6.45, 7) is 0. The van der Waals surface area contributed by atoms with Gasteiger partial charge in [-0.3, -0.25) is 20.4 Å². The first kappa shape index (κ1) is 12.6. The summed E-state index contributed by atoms with van der Waals surface area (Å²) in [5, 5.41) is 0. The number of benzene rings is 1. The van der Waals surface area contributed by atoms with E-state index in [4.69, 9.17) is 11.6 Å². The van der Waals surface area contributed by atoms with Gasteiger partial charge < -0.3 is 0 Å². The van der Waals surface area contributed by atoms with Gasteiger partial charge in [-0.1, -0.05) is 29.8 Å². The van der Waals surface area contributed by atoms with Crippen LogP contribution < -0.4 is 10.9 Å². The Bertz CT molecular complexity index is 568. The average Bonchev–Trinajstić information content (AvgIpc) is 2.83. The SMILES string of the molecule is O=C(NNC(=O)c1ccc(Cl)s1)c1ccccc1. The van der Waals surface area contributed by atoms with Crippen molar-refractivity contribution in [1.82, 2.24) is 10.9 Å². The maximum absolute atomic E-state index is 11.6. The molecule has 0 spiro atoms. The first-order valence-electron chi connectivity index (χ1n) is 5.08. The molecule has 0 aliphatic rings. The maximum atomic E-state index is 11.6. The molecule has 1 aromatic carbocycles. The van der Waals surface area contributed by atoms with Crippen LogP contribution in [-0.2, 0) is 0 Å². The third-order valence-corrected chi connectivity index (χ3v) is 3.35. The number of hydrogen-bond acceptors (Lipinski definition) is 3. The molecule has 4 nitrogen and oxygen atoms in total. The molecule has 0 radical (unpaired) electrons. The van der Waals surface area contributed by atoms with E-state index in [0.717, 1.165) is 11.3 Å². The topological polar surface area (TPSA) is 58.2 Å². The standard InChI is InChI=1S/C12H9ClN2O2S/c13-10-7-6-9(18-10)12(17)15-14-11(16)8-4-2-1-3-5-8/h1-7H,(H,14,16)(H,15,17). The highest BCUT2D eigenvalue weighted by molar-refractivity contribution is 7.17. The van der Waals surface area contributed by atoms with Crippen molar-refractivity contribution in [3.63, 3.8) is 0 Å². The van der Waals surface area contributed by atoms with Gasteiger partial charge in [0, 0.05) is 5.56 Å². The lowest BCUT2D eigenvalue weighted by Crippen LogP contribution is -2.41. The number of carbonyl (C=O) groups is 2. The molecule has 0 saturated carbocycles. The van der Waals surface area contributed by atoms with Gasteiger partial charge in [0.2, 0.25) is 0 Å². The quantitative estimate of drug-likeness (QED) is 0.830. The number of rotatable bonds is 2. The van der Waals surface area contributed by atoms with Crippen molar-refractivity contribution in [2.75, 3.05) is 0 Å². The number of thiophene rings is 1. The van der Waals surface area contributed by atoms with E-state index in [9.17, 15) is 9.59 Å². The molecule has 18 heavy (non-hydrogen) atoms. The predicted octanol–water partition coefficient (Wildman–Crippen LogP) is 2.48. The fourth-order valence-electron chi connectivity index (χ4n) is 1.27. The molecule has 2 amide bonds. The van der Waals surface area contributed by atoms with Crippen molar-refractivity contribution in [2.24, 2.45) is 0 Å². The number of amides is 2. The molecule has 0 aliphatic carbocycles. The van der Waals surface area contributed by atoms with E-state index in [2.05, 4.69) is 10.9 Å². The molecule has 6 heteroatoms. The van der Waals surface area contributed by atoms with Crippen LogP contribution in [0.25, 0.3) is 0 Å². The molecule has 1 aromatic heterocycles. The van der Waals surface area contributed by atoms with Crippen LogP contribution in [0.3, 0.4) is 0 Å². The van der Waals surface area contributed by atoms with Gasteiger partial charge in [-0.15, -0.1) is 11.3 Å². The van der Waals surface area contributed by atoms with Crippen LogP contribution in [-0.4, -0.2) is 11.8 Å². The minimum atomic E-state index is -0.392. The van der Waals surface area contributed by atoms with Gasteiger partial charge in [0.25, 0.3) is 11.8 Å². The van der Waals surface area contributed by atoms with Gasteiger partial charge in [0.15, 0.2) is 0 Å². The lowest BCUT2D eigenvalue weighted by molar-refractivity contribution is 0.0849. The second kappa shape index (κ2) is 5.66. The zero-order chi connectivity index (χ0) is 13.0. The molecule has 0 saturated heterocycles. The summed E-state index contributed by atoms with van der Waals surface area (Å²) >= 11 is 6.86. The molecule has 2 rings (SSSR count). The Morgan fingerprint density at radius 3 is 2.22 bits per heavy atom. The molecule has 0 bridgehead atoms. The molecule has 1 heterocycles. The zero-order valence-corrected chi connectivity index (χ0v) is 10.7. The lowest BCUT2D eigenvalue weighted by atomic mass is 10.2. The lowest BCUT2D eigenvalue weighted by Gasteiger charge is -2.05. The van der Waals surface area contributed by atoms with E-state index >= 15 is 0 Å². The van der Waals surface area contributed by atoms with E-state index < -0.39 is 5.91 Å². The second-order valence-corrected chi connectivity index (χ2v) is 5.09. The molecule has 0 atom stereocenters. The largest absolute Gasteiger partial charge is 0.279 e. The first-order chi connectivity index (χ1) is 8.66. The van der Waals surface area contributed by atoms with Gasteiger partial charge in [-0.2, -0.15) is 0 Å². The number of carbonyl (C=O) groups excluding carboxylic acids is 2. The van der Waals surface area contributed by atoms with Crippen LogP contribution in [0.5, 0.6) is 0 Å². The Hall–Kier alpha value is -1.85. The van der Waals surface area contributed by atoms with E-state index in [1.54, 1.807) is 36.4 Å². The van der Waals surface area contributed by atoms with Crippen molar-refractivity contribution in [2.45, 2.75) is 0 Å². The third kappa shape index (κ3) is 3.09. The summed E-state index contributed by atoms with van der Waals surface area (Å²) in [4.78, 5) is 23.7. The second-order valence-electron chi connectivity index (χ2n) is 3.38. The number of hydrogen-bond donors (Lipinski definition) is 2. The summed E-state index contributed by atoms with van der Waals surface area (Å²) in [6.07, 6.45) is 0. The van der Waals surface area contributed by atoms with Crippen LogP contribution in [0.15, 0.2) is 42.5 Å². The van der Waals surface area contributed by atoms with Crippen molar-refractivity contribution < 1.29 is 9.59 Å². The Balaban J connectivity index is 1.92. The Kier molecular flexibility index (Phi) is 3.96. The van der Waals surface area contributed by atoms with Crippen LogP contribution in [0.2, 0.25) is 4.34 Å². The third-order valence-electron chi connectivity index (χ3n) is 2.12. The van der Waals surface area contributed by atoms with Gasteiger partial charge in [-0.05, 0) is 24.3 Å². The number of nitrogens with one attached hydrogen (secondary N) is 2. The molecule has 2 N–H and O–H groups in total. The fourth-order valence-corrected chi connectivity index (χ4v) is 2.21.